The monoisotopic (exact) mass is 258 g/mol. The second kappa shape index (κ2) is 9.05. The summed E-state index contributed by atoms with van der Waals surface area (Å²) in [6, 6.07) is -0.550. The van der Waals surface area contributed by atoms with Gasteiger partial charge in [0.25, 0.3) is 0 Å². The van der Waals surface area contributed by atoms with Gasteiger partial charge in [-0.25, -0.2) is 0 Å². The molecule has 0 amide bonds. The normalized spacial score (nSPS) is 16.0. The highest BCUT2D eigenvalue weighted by atomic mass is 16.4. The first-order chi connectivity index (χ1) is 8.43. The van der Waals surface area contributed by atoms with E-state index in [-0.39, 0.29) is 18.1 Å². The molecule has 3 unspecified atom stereocenters. The molecule has 3 atom stereocenters. The fourth-order valence-electron chi connectivity index (χ4n) is 1.80. The summed E-state index contributed by atoms with van der Waals surface area (Å²) in [6.07, 6.45) is 2.86. The summed E-state index contributed by atoms with van der Waals surface area (Å²) in [5.41, 5.74) is 11.2. The van der Waals surface area contributed by atoms with Gasteiger partial charge in [-0.1, -0.05) is 26.7 Å². The number of ketones is 1. The lowest BCUT2D eigenvalue weighted by Crippen LogP contribution is -2.38. The third kappa shape index (κ3) is 6.12. The Balaban J connectivity index is 4.31. The molecule has 0 bridgehead atoms. The number of Topliss-reactive ketones (excluding diaryl/α,β-unsaturated/α-hetero) is 1. The van der Waals surface area contributed by atoms with E-state index < -0.39 is 17.9 Å². The van der Waals surface area contributed by atoms with Crippen molar-refractivity contribution in [1.29, 1.82) is 0 Å². The maximum atomic E-state index is 11.9. The molecule has 0 rings (SSSR count). The van der Waals surface area contributed by atoms with E-state index in [0.29, 0.717) is 13.0 Å². The minimum Gasteiger partial charge on any atom is -0.481 e. The summed E-state index contributed by atoms with van der Waals surface area (Å²) < 4.78 is 0. The van der Waals surface area contributed by atoms with Gasteiger partial charge >= 0.3 is 5.97 Å². The molecular formula is C13H26N2O3. The molecule has 0 aliphatic carbocycles. The number of hydrogen-bond donors (Lipinski definition) is 3. The highest BCUT2D eigenvalue weighted by Crippen LogP contribution is 2.17. The van der Waals surface area contributed by atoms with Crippen LogP contribution in [-0.4, -0.2) is 29.4 Å². The van der Waals surface area contributed by atoms with Gasteiger partial charge < -0.3 is 16.6 Å². The number of aliphatic carboxylic acids is 1. The molecule has 0 saturated carbocycles. The summed E-state index contributed by atoms with van der Waals surface area (Å²) in [4.78, 5) is 22.9. The number of carbonyl (C=O) groups is 2. The average molecular weight is 258 g/mol. The molecule has 0 saturated heterocycles. The first kappa shape index (κ1) is 17.1. The van der Waals surface area contributed by atoms with Crippen molar-refractivity contribution >= 4 is 11.8 Å². The molecule has 5 nitrogen and oxygen atoms in total. The van der Waals surface area contributed by atoms with Crippen molar-refractivity contribution in [1.82, 2.24) is 0 Å². The number of carboxylic acid groups (broad SMARTS) is 1. The van der Waals surface area contributed by atoms with Gasteiger partial charge in [-0.2, -0.15) is 0 Å². The predicted molar refractivity (Wildman–Crippen MR) is 71.1 cm³/mol. The van der Waals surface area contributed by atoms with Gasteiger partial charge in [-0.05, 0) is 25.3 Å². The molecule has 0 aliphatic heterocycles. The van der Waals surface area contributed by atoms with Crippen LogP contribution in [0.5, 0.6) is 0 Å². The number of nitrogens with two attached hydrogens (primary N) is 2. The fraction of sp³-hybridized carbons (Fsp3) is 0.846. The van der Waals surface area contributed by atoms with Crippen molar-refractivity contribution in [2.24, 2.45) is 23.3 Å². The van der Waals surface area contributed by atoms with E-state index in [4.69, 9.17) is 16.6 Å². The Morgan fingerprint density at radius 3 is 2.33 bits per heavy atom. The standard InChI is InChI=1S/C13H26N2O3/c1-3-9(2)12(15)11(16)8-10(13(17)18)6-4-5-7-14/h9-10,12H,3-8,14-15H2,1-2H3,(H,17,18). The summed E-state index contributed by atoms with van der Waals surface area (Å²) in [6.45, 7) is 4.42. The van der Waals surface area contributed by atoms with Crippen LogP contribution in [0.4, 0.5) is 0 Å². The fourth-order valence-corrected chi connectivity index (χ4v) is 1.80. The number of hydrogen-bond acceptors (Lipinski definition) is 4. The molecule has 0 aromatic carbocycles. The molecule has 0 heterocycles. The molecule has 18 heavy (non-hydrogen) atoms. The van der Waals surface area contributed by atoms with Crippen LogP contribution in [0, 0.1) is 11.8 Å². The Labute approximate surface area is 109 Å². The molecule has 0 aromatic heterocycles. The van der Waals surface area contributed by atoms with Crippen LogP contribution < -0.4 is 11.5 Å². The van der Waals surface area contributed by atoms with Crippen molar-refractivity contribution in [2.45, 2.75) is 52.0 Å². The number of rotatable bonds is 10. The minimum atomic E-state index is -0.920. The van der Waals surface area contributed by atoms with E-state index >= 15 is 0 Å². The molecule has 5 N–H and O–H groups in total. The maximum Gasteiger partial charge on any atom is 0.306 e. The topological polar surface area (TPSA) is 106 Å². The lowest BCUT2D eigenvalue weighted by molar-refractivity contribution is -0.144. The van der Waals surface area contributed by atoms with Crippen LogP contribution in [0.1, 0.15) is 46.0 Å². The first-order valence-electron chi connectivity index (χ1n) is 6.65. The maximum absolute atomic E-state index is 11.9. The quantitative estimate of drug-likeness (QED) is 0.510. The second-order valence-corrected chi connectivity index (χ2v) is 4.90. The Kier molecular flexibility index (Phi) is 8.58. The lowest BCUT2D eigenvalue weighted by Gasteiger charge is -2.19. The zero-order chi connectivity index (χ0) is 14.1. The Hall–Kier alpha value is -0.940. The zero-order valence-electron chi connectivity index (χ0n) is 11.4. The number of carbonyl (C=O) groups excluding carboxylic acids is 1. The van der Waals surface area contributed by atoms with Gasteiger partial charge in [-0.15, -0.1) is 0 Å². The summed E-state index contributed by atoms with van der Waals surface area (Å²) in [5, 5.41) is 9.07. The molecule has 0 radical (unpaired) electrons. The van der Waals surface area contributed by atoms with Crippen LogP contribution in [0.25, 0.3) is 0 Å². The van der Waals surface area contributed by atoms with Crippen LogP contribution in [0.15, 0.2) is 0 Å². The highest BCUT2D eigenvalue weighted by molar-refractivity contribution is 5.87. The van der Waals surface area contributed by atoms with E-state index in [0.717, 1.165) is 19.3 Å². The van der Waals surface area contributed by atoms with Gasteiger partial charge in [-0.3, -0.25) is 9.59 Å². The second-order valence-electron chi connectivity index (χ2n) is 4.90. The Bertz CT molecular complexity index is 269. The molecule has 0 aromatic rings. The molecule has 0 aliphatic rings. The van der Waals surface area contributed by atoms with Crippen LogP contribution >= 0.6 is 0 Å². The van der Waals surface area contributed by atoms with E-state index in [2.05, 4.69) is 0 Å². The van der Waals surface area contributed by atoms with Crippen molar-refractivity contribution in [2.75, 3.05) is 6.54 Å². The highest BCUT2D eigenvalue weighted by Gasteiger charge is 2.26. The summed E-state index contributed by atoms with van der Waals surface area (Å²) in [5.74, 6) is -1.60. The molecule has 0 fully saturated rings. The van der Waals surface area contributed by atoms with Gasteiger partial charge in [0.05, 0.1) is 12.0 Å². The van der Waals surface area contributed by atoms with Crippen molar-refractivity contribution < 1.29 is 14.7 Å². The van der Waals surface area contributed by atoms with E-state index in [1.807, 2.05) is 13.8 Å². The largest absolute Gasteiger partial charge is 0.481 e. The summed E-state index contributed by atoms with van der Waals surface area (Å²) >= 11 is 0. The average Bonchev–Trinajstić information content (AvgIpc) is 2.35. The molecule has 0 spiro atoms. The van der Waals surface area contributed by atoms with Crippen molar-refractivity contribution in [3.05, 3.63) is 0 Å². The third-order valence-electron chi connectivity index (χ3n) is 3.43. The van der Waals surface area contributed by atoms with E-state index in [1.165, 1.54) is 0 Å². The predicted octanol–water partition coefficient (Wildman–Crippen LogP) is 1.15. The van der Waals surface area contributed by atoms with E-state index in [9.17, 15) is 9.59 Å². The summed E-state index contributed by atoms with van der Waals surface area (Å²) in [7, 11) is 0. The van der Waals surface area contributed by atoms with Gasteiger partial charge in [0.2, 0.25) is 0 Å². The van der Waals surface area contributed by atoms with Gasteiger partial charge in [0, 0.05) is 6.42 Å². The van der Waals surface area contributed by atoms with Crippen LogP contribution in [0.2, 0.25) is 0 Å². The van der Waals surface area contributed by atoms with Gasteiger partial charge in [0.15, 0.2) is 5.78 Å². The third-order valence-corrected chi connectivity index (χ3v) is 3.43. The molecule has 5 heteroatoms. The first-order valence-corrected chi connectivity index (χ1v) is 6.65. The lowest BCUT2D eigenvalue weighted by atomic mass is 9.89. The zero-order valence-corrected chi connectivity index (χ0v) is 11.4. The molecular weight excluding hydrogens is 232 g/mol. The smallest absolute Gasteiger partial charge is 0.306 e. The van der Waals surface area contributed by atoms with E-state index in [1.54, 1.807) is 0 Å². The van der Waals surface area contributed by atoms with Crippen molar-refractivity contribution in [3.8, 4) is 0 Å². The van der Waals surface area contributed by atoms with Gasteiger partial charge in [0.1, 0.15) is 0 Å². The Morgan fingerprint density at radius 2 is 1.89 bits per heavy atom. The SMILES string of the molecule is CCC(C)C(N)C(=O)CC(CCCCN)C(=O)O. The number of unbranched alkanes of at least 4 members (excludes halogenated alkanes) is 1. The Morgan fingerprint density at radius 1 is 1.28 bits per heavy atom. The molecule has 106 valence electrons. The number of carboxylic acids is 1. The van der Waals surface area contributed by atoms with Crippen LogP contribution in [0.3, 0.4) is 0 Å². The van der Waals surface area contributed by atoms with Crippen LogP contribution in [-0.2, 0) is 9.59 Å². The van der Waals surface area contributed by atoms with Crippen molar-refractivity contribution in [3.63, 3.8) is 0 Å². The minimum absolute atomic E-state index is 0.0331.